The van der Waals surface area contributed by atoms with Crippen molar-refractivity contribution in [3.8, 4) is 0 Å². The first-order valence-electron chi connectivity index (χ1n) is 7.26. The molecule has 4 nitrogen and oxygen atoms in total. The molecular weight excluding hydrogens is 310 g/mol. The lowest BCUT2D eigenvalue weighted by Crippen LogP contribution is -2.20. The summed E-state index contributed by atoms with van der Waals surface area (Å²) in [6, 6.07) is 11.6. The molecule has 0 aliphatic heterocycles. The van der Waals surface area contributed by atoms with Gasteiger partial charge in [-0.25, -0.2) is 4.98 Å². The molecule has 3 aromatic rings. The largest absolute Gasteiger partial charge is 0.347 e. The summed E-state index contributed by atoms with van der Waals surface area (Å²) in [5.41, 5.74) is 3.75. The van der Waals surface area contributed by atoms with Crippen LogP contribution in [0, 0.1) is 6.92 Å². The molecule has 3 rings (SSSR count). The van der Waals surface area contributed by atoms with Crippen LogP contribution in [0.2, 0.25) is 5.02 Å². The van der Waals surface area contributed by atoms with E-state index in [0.29, 0.717) is 11.6 Å². The van der Waals surface area contributed by atoms with E-state index in [0.717, 1.165) is 22.5 Å². The second-order valence-corrected chi connectivity index (χ2v) is 5.75. The van der Waals surface area contributed by atoms with Gasteiger partial charge in [-0.15, -0.1) is 0 Å². The van der Waals surface area contributed by atoms with Gasteiger partial charge in [-0.2, -0.15) is 0 Å². The Balaban J connectivity index is 1.61. The minimum absolute atomic E-state index is 0.151. The third-order valence-electron chi connectivity index (χ3n) is 3.38. The quantitative estimate of drug-likeness (QED) is 0.745. The predicted octanol–water partition coefficient (Wildman–Crippen LogP) is 3.63. The number of amides is 1. The first kappa shape index (κ1) is 15.3. The Morgan fingerprint density at radius 2 is 2.17 bits per heavy atom. The lowest BCUT2D eigenvalue weighted by atomic mass is 10.1. The smallest absolute Gasteiger partial charge is 0.244 e. The molecule has 116 valence electrons. The number of carbonyl (C=O) groups is 1. The number of aromatic nitrogens is 2. The Kier molecular flexibility index (Phi) is 4.44. The number of aryl methyl sites for hydroxylation is 1. The molecule has 23 heavy (non-hydrogen) atoms. The summed E-state index contributed by atoms with van der Waals surface area (Å²) in [5.74, 6) is -0.151. The van der Waals surface area contributed by atoms with Crippen LogP contribution in [0.4, 0.5) is 0 Å². The lowest BCUT2D eigenvalue weighted by molar-refractivity contribution is -0.116. The number of hydrogen-bond donors (Lipinski definition) is 1. The third kappa shape index (κ3) is 3.99. The normalized spacial score (nSPS) is 11.2. The van der Waals surface area contributed by atoms with Crippen LogP contribution in [0.15, 0.2) is 54.9 Å². The van der Waals surface area contributed by atoms with E-state index in [1.165, 1.54) is 6.08 Å². The number of nitrogens with zero attached hydrogens (tertiary/aromatic N) is 2. The molecule has 2 aromatic heterocycles. The summed E-state index contributed by atoms with van der Waals surface area (Å²) in [4.78, 5) is 16.3. The van der Waals surface area contributed by atoms with E-state index in [1.54, 1.807) is 18.3 Å². The van der Waals surface area contributed by atoms with Crippen molar-refractivity contribution in [2.75, 3.05) is 0 Å². The average molecular weight is 326 g/mol. The van der Waals surface area contributed by atoms with E-state index in [1.807, 2.05) is 47.9 Å². The standard InChI is InChI=1S/C18H16ClN3O/c1-13-3-2-4-14(9-13)5-8-18(23)20-10-16-12-22-11-15(19)6-7-17(22)21-16/h2-9,11-12H,10H2,1H3,(H,20,23)/b8-5+. The molecule has 2 heterocycles. The van der Waals surface area contributed by atoms with Gasteiger partial charge < -0.3 is 9.72 Å². The zero-order chi connectivity index (χ0) is 16.2. The van der Waals surface area contributed by atoms with Gasteiger partial charge in [-0.05, 0) is 30.7 Å². The van der Waals surface area contributed by atoms with Gasteiger partial charge in [-0.3, -0.25) is 4.79 Å². The number of nitrogens with one attached hydrogen (secondary N) is 1. The summed E-state index contributed by atoms with van der Waals surface area (Å²) < 4.78 is 1.84. The Labute approximate surface area is 139 Å². The molecule has 1 aromatic carbocycles. The topological polar surface area (TPSA) is 46.4 Å². The molecule has 0 saturated heterocycles. The number of fused-ring (bicyclic) bond motifs is 1. The minimum atomic E-state index is -0.151. The molecule has 0 unspecified atom stereocenters. The molecule has 0 fully saturated rings. The van der Waals surface area contributed by atoms with Crippen LogP contribution < -0.4 is 5.32 Å². The fourth-order valence-electron chi connectivity index (χ4n) is 2.28. The van der Waals surface area contributed by atoms with Crippen molar-refractivity contribution in [2.24, 2.45) is 0 Å². The van der Waals surface area contributed by atoms with Gasteiger partial charge in [0.05, 0.1) is 17.3 Å². The molecule has 0 aliphatic rings. The first-order chi connectivity index (χ1) is 11.1. The maximum absolute atomic E-state index is 11.9. The Bertz CT molecular complexity index is 883. The molecule has 1 amide bonds. The zero-order valence-corrected chi connectivity index (χ0v) is 13.4. The number of rotatable bonds is 4. The van der Waals surface area contributed by atoms with Gasteiger partial charge in [0.2, 0.25) is 5.91 Å². The van der Waals surface area contributed by atoms with Crippen molar-refractivity contribution >= 4 is 29.2 Å². The molecule has 0 saturated carbocycles. The average Bonchev–Trinajstić information content (AvgIpc) is 2.93. The number of hydrogen-bond acceptors (Lipinski definition) is 2. The van der Waals surface area contributed by atoms with Crippen molar-refractivity contribution in [3.05, 3.63) is 76.7 Å². The predicted molar refractivity (Wildman–Crippen MR) is 92.3 cm³/mol. The molecule has 0 aliphatic carbocycles. The van der Waals surface area contributed by atoms with Crippen LogP contribution in [0.1, 0.15) is 16.8 Å². The molecule has 0 bridgehead atoms. The number of pyridine rings is 1. The van der Waals surface area contributed by atoms with Crippen LogP contribution in [0.5, 0.6) is 0 Å². The van der Waals surface area contributed by atoms with E-state index in [2.05, 4.69) is 10.3 Å². The van der Waals surface area contributed by atoms with Gasteiger partial charge in [0.15, 0.2) is 0 Å². The number of benzene rings is 1. The highest BCUT2D eigenvalue weighted by atomic mass is 35.5. The van der Waals surface area contributed by atoms with Crippen LogP contribution in [-0.2, 0) is 11.3 Å². The minimum Gasteiger partial charge on any atom is -0.347 e. The number of carbonyl (C=O) groups excluding carboxylic acids is 1. The zero-order valence-electron chi connectivity index (χ0n) is 12.7. The molecular formula is C18H16ClN3O. The maximum atomic E-state index is 11.9. The fourth-order valence-corrected chi connectivity index (χ4v) is 2.45. The van der Waals surface area contributed by atoms with Crippen molar-refractivity contribution < 1.29 is 4.79 Å². The van der Waals surface area contributed by atoms with Crippen molar-refractivity contribution in [1.82, 2.24) is 14.7 Å². The van der Waals surface area contributed by atoms with E-state index >= 15 is 0 Å². The van der Waals surface area contributed by atoms with Crippen molar-refractivity contribution in [2.45, 2.75) is 13.5 Å². The first-order valence-corrected chi connectivity index (χ1v) is 7.64. The molecule has 1 N–H and O–H groups in total. The third-order valence-corrected chi connectivity index (χ3v) is 3.60. The van der Waals surface area contributed by atoms with Gasteiger partial charge in [0.1, 0.15) is 5.65 Å². The molecule has 0 radical (unpaired) electrons. The van der Waals surface area contributed by atoms with Gasteiger partial charge in [-0.1, -0.05) is 41.4 Å². The summed E-state index contributed by atoms with van der Waals surface area (Å²) in [6.45, 7) is 2.39. The van der Waals surface area contributed by atoms with E-state index in [9.17, 15) is 4.79 Å². The summed E-state index contributed by atoms with van der Waals surface area (Å²) in [7, 11) is 0. The summed E-state index contributed by atoms with van der Waals surface area (Å²) in [6.07, 6.45) is 6.96. The van der Waals surface area contributed by atoms with Crippen molar-refractivity contribution in [1.29, 1.82) is 0 Å². The molecule has 0 spiro atoms. The Morgan fingerprint density at radius 1 is 1.30 bits per heavy atom. The summed E-state index contributed by atoms with van der Waals surface area (Å²) >= 11 is 5.94. The molecule has 5 heteroatoms. The van der Waals surface area contributed by atoms with Crippen LogP contribution in [-0.4, -0.2) is 15.3 Å². The Hall–Kier alpha value is -2.59. The second-order valence-electron chi connectivity index (χ2n) is 5.31. The monoisotopic (exact) mass is 325 g/mol. The Morgan fingerprint density at radius 3 is 3.00 bits per heavy atom. The highest BCUT2D eigenvalue weighted by Gasteiger charge is 2.03. The maximum Gasteiger partial charge on any atom is 0.244 e. The van der Waals surface area contributed by atoms with Gasteiger partial charge in [0.25, 0.3) is 0 Å². The highest BCUT2D eigenvalue weighted by molar-refractivity contribution is 6.30. The van der Waals surface area contributed by atoms with Crippen LogP contribution in [0.3, 0.4) is 0 Å². The van der Waals surface area contributed by atoms with E-state index in [4.69, 9.17) is 11.6 Å². The van der Waals surface area contributed by atoms with Crippen molar-refractivity contribution in [3.63, 3.8) is 0 Å². The van der Waals surface area contributed by atoms with Gasteiger partial charge in [0, 0.05) is 18.5 Å². The fraction of sp³-hybridized carbons (Fsp3) is 0.111. The van der Waals surface area contributed by atoms with E-state index in [-0.39, 0.29) is 5.91 Å². The van der Waals surface area contributed by atoms with Gasteiger partial charge >= 0.3 is 0 Å². The lowest BCUT2D eigenvalue weighted by Gasteiger charge is -1.99. The van der Waals surface area contributed by atoms with E-state index < -0.39 is 0 Å². The second kappa shape index (κ2) is 6.67. The molecule has 0 atom stereocenters. The van der Waals surface area contributed by atoms with Crippen LogP contribution >= 0.6 is 11.6 Å². The highest BCUT2D eigenvalue weighted by Crippen LogP contribution is 2.11. The summed E-state index contributed by atoms with van der Waals surface area (Å²) in [5, 5.41) is 3.47. The SMILES string of the molecule is Cc1cccc(/C=C/C(=O)NCc2cn3cc(Cl)ccc3n2)c1. The van der Waals surface area contributed by atoms with Crippen LogP contribution in [0.25, 0.3) is 11.7 Å². The number of halogens is 1. The number of imidazole rings is 1.